The fourth-order valence-corrected chi connectivity index (χ4v) is 2.83. The Morgan fingerprint density at radius 1 is 1.62 bits per heavy atom. The molecule has 1 unspecified atom stereocenters. The molecule has 1 atom stereocenters. The van der Waals surface area contributed by atoms with Crippen LogP contribution in [0.2, 0.25) is 0 Å². The highest BCUT2D eigenvalue weighted by Crippen LogP contribution is 2.26. The van der Waals surface area contributed by atoms with E-state index in [0.717, 1.165) is 45.3 Å². The van der Waals surface area contributed by atoms with E-state index >= 15 is 0 Å². The van der Waals surface area contributed by atoms with Crippen LogP contribution in [0.5, 0.6) is 0 Å². The fraction of sp³-hybridized carbons (Fsp3) is 0.769. The Hall–Kier alpha value is -0.830. The first-order valence-corrected chi connectivity index (χ1v) is 6.38. The van der Waals surface area contributed by atoms with E-state index < -0.39 is 0 Å². The molecule has 0 radical (unpaired) electrons. The molecule has 3 heteroatoms. The summed E-state index contributed by atoms with van der Waals surface area (Å²) in [6, 6.07) is 0. The molecule has 0 aromatic rings. The Bertz CT molecular complexity index is 303. The molecule has 0 spiro atoms. The molecule has 90 valence electrons. The van der Waals surface area contributed by atoms with Gasteiger partial charge in [0.2, 0.25) is 5.91 Å². The van der Waals surface area contributed by atoms with Crippen LogP contribution in [-0.2, 0) is 4.79 Å². The zero-order valence-corrected chi connectivity index (χ0v) is 10.4. The lowest BCUT2D eigenvalue weighted by Crippen LogP contribution is -2.55. The third kappa shape index (κ3) is 2.01. The van der Waals surface area contributed by atoms with Crippen LogP contribution in [0.1, 0.15) is 39.5 Å². The van der Waals surface area contributed by atoms with Gasteiger partial charge in [0.05, 0.1) is 5.54 Å². The van der Waals surface area contributed by atoms with Crippen molar-refractivity contribution in [2.24, 2.45) is 0 Å². The molecule has 0 bridgehead atoms. The van der Waals surface area contributed by atoms with Crippen LogP contribution in [0.4, 0.5) is 0 Å². The number of amides is 1. The third-order valence-corrected chi connectivity index (χ3v) is 3.88. The molecule has 1 saturated heterocycles. The summed E-state index contributed by atoms with van der Waals surface area (Å²) in [6.07, 6.45) is 6.29. The first-order chi connectivity index (χ1) is 7.68. The van der Waals surface area contributed by atoms with Crippen molar-refractivity contribution in [3.63, 3.8) is 0 Å². The second-order valence-electron chi connectivity index (χ2n) is 5.03. The van der Waals surface area contributed by atoms with E-state index in [4.69, 9.17) is 0 Å². The van der Waals surface area contributed by atoms with Gasteiger partial charge in [-0.2, -0.15) is 0 Å². The van der Waals surface area contributed by atoms with Crippen LogP contribution >= 0.6 is 0 Å². The van der Waals surface area contributed by atoms with Gasteiger partial charge in [-0.25, -0.2) is 0 Å². The molecule has 0 saturated carbocycles. The molecular weight excluding hydrogens is 200 g/mol. The molecule has 2 heterocycles. The third-order valence-electron chi connectivity index (χ3n) is 3.88. The quantitative estimate of drug-likeness (QED) is 0.721. The Balaban J connectivity index is 2.09. The molecule has 3 nitrogen and oxygen atoms in total. The van der Waals surface area contributed by atoms with Crippen molar-refractivity contribution in [2.75, 3.05) is 19.6 Å². The monoisotopic (exact) mass is 222 g/mol. The number of nitrogens with zero attached hydrogens (tertiary/aromatic N) is 1. The molecule has 0 aromatic carbocycles. The fourth-order valence-electron chi connectivity index (χ4n) is 2.83. The lowest BCUT2D eigenvalue weighted by atomic mass is 9.91. The van der Waals surface area contributed by atoms with E-state index in [-0.39, 0.29) is 5.54 Å². The van der Waals surface area contributed by atoms with E-state index in [2.05, 4.69) is 25.2 Å². The van der Waals surface area contributed by atoms with Crippen molar-refractivity contribution >= 4 is 5.91 Å². The standard InChI is InChI=1S/C13H22N2O/c1-3-13(7-5-8-14-13)12(16)15-9-4-6-11(2)10-15/h6,14H,3-5,7-10H2,1-2H3. The Labute approximate surface area is 97.9 Å². The van der Waals surface area contributed by atoms with Crippen molar-refractivity contribution in [3.05, 3.63) is 11.6 Å². The first-order valence-electron chi connectivity index (χ1n) is 6.38. The summed E-state index contributed by atoms with van der Waals surface area (Å²) in [6.45, 7) is 6.92. The largest absolute Gasteiger partial charge is 0.337 e. The summed E-state index contributed by atoms with van der Waals surface area (Å²) < 4.78 is 0. The van der Waals surface area contributed by atoms with Gasteiger partial charge in [-0.15, -0.1) is 0 Å². The van der Waals surface area contributed by atoms with Gasteiger partial charge in [0.15, 0.2) is 0 Å². The second-order valence-corrected chi connectivity index (χ2v) is 5.03. The second kappa shape index (κ2) is 4.58. The maximum Gasteiger partial charge on any atom is 0.243 e. The summed E-state index contributed by atoms with van der Waals surface area (Å²) in [7, 11) is 0. The average Bonchev–Trinajstić information content (AvgIpc) is 2.78. The molecule has 1 N–H and O–H groups in total. The lowest BCUT2D eigenvalue weighted by Gasteiger charge is -2.35. The molecule has 2 aliphatic heterocycles. The van der Waals surface area contributed by atoms with Crippen LogP contribution in [0.15, 0.2) is 11.6 Å². The molecule has 0 aromatic heterocycles. The highest BCUT2D eigenvalue weighted by Gasteiger charge is 2.41. The zero-order valence-electron chi connectivity index (χ0n) is 10.4. The van der Waals surface area contributed by atoms with Gasteiger partial charge in [-0.05, 0) is 39.2 Å². The van der Waals surface area contributed by atoms with E-state index in [0.29, 0.717) is 5.91 Å². The predicted molar refractivity (Wildman–Crippen MR) is 65.2 cm³/mol. The highest BCUT2D eigenvalue weighted by molar-refractivity contribution is 5.87. The van der Waals surface area contributed by atoms with E-state index in [9.17, 15) is 4.79 Å². The normalized spacial score (nSPS) is 30.4. The number of rotatable bonds is 2. The number of carbonyl (C=O) groups excluding carboxylic acids is 1. The van der Waals surface area contributed by atoms with Gasteiger partial charge in [-0.1, -0.05) is 18.6 Å². The minimum absolute atomic E-state index is 0.252. The lowest BCUT2D eigenvalue weighted by molar-refractivity contribution is -0.137. The van der Waals surface area contributed by atoms with Gasteiger partial charge < -0.3 is 10.2 Å². The van der Waals surface area contributed by atoms with E-state index in [1.165, 1.54) is 5.57 Å². The summed E-state index contributed by atoms with van der Waals surface area (Å²) in [5.41, 5.74) is 1.07. The van der Waals surface area contributed by atoms with Crippen LogP contribution < -0.4 is 5.32 Å². The maximum atomic E-state index is 12.5. The Morgan fingerprint density at radius 3 is 3.00 bits per heavy atom. The minimum atomic E-state index is -0.252. The van der Waals surface area contributed by atoms with Crippen molar-refractivity contribution in [2.45, 2.75) is 45.1 Å². The first kappa shape index (κ1) is 11.6. The van der Waals surface area contributed by atoms with Gasteiger partial charge in [0.1, 0.15) is 0 Å². The van der Waals surface area contributed by atoms with Crippen LogP contribution in [0.25, 0.3) is 0 Å². The van der Waals surface area contributed by atoms with Gasteiger partial charge >= 0.3 is 0 Å². The summed E-state index contributed by atoms with van der Waals surface area (Å²) >= 11 is 0. The average molecular weight is 222 g/mol. The Kier molecular flexibility index (Phi) is 3.33. The van der Waals surface area contributed by atoms with E-state index in [1.54, 1.807) is 0 Å². The highest BCUT2D eigenvalue weighted by atomic mass is 16.2. The van der Waals surface area contributed by atoms with Crippen LogP contribution in [-0.4, -0.2) is 36.0 Å². The molecule has 1 fully saturated rings. The molecule has 0 aliphatic carbocycles. The van der Waals surface area contributed by atoms with Gasteiger partial charge in [0.25, 0.3) is 0 Å². The molecule has 1 amide bonds. The molecule has 2 aliphatic rings. The van der Waals surface area contributed by atoms with Gasteiger partial charge in [0, 0.05) is 13.1 Å². The maximum absolute atomic E-state index is 12.5. The summed E-state index contributed by atoms with van der Waals surface area (Å²) in [5.74, 6) is 0.319. The summed E-state index contributed by atoms with van der Waals surface area (Å²) in [5, 5.41) is 3.42. The molecule has 2 rings (SSSR count). The number of carbonyl (C=O) groups is 1. The zero-order chi connectivity index (χ0) is 11.6. The topological polar surface area (TPSA) is 32.3 Å². The van der Waals surface area contributed by atoms with Crippen molar-refractivity contribution in [1.82, 2.24) is 10.2 Å². The van der Waals surface area contributed by atoms with Crippen molar-refractivity contribution in [3.8, 4) is 0 Å². The predicted octanol–water partition coefficient (Wildman–Crippen LogP) is 1.70. The van der Waals surface area contributed by atoms with Crippen molar-refractivity contribution < 1.29 is 4.79 Å². The van der Waals surface area contributed by atoms with Crippen LogP contribution in [0, 0.1) is 0 Å². The SMILES string of the molecule is CCC1(C(=O)N2CCC=C(C)C2)CCCN1. The number of nitrogens with one attached hydrogen (secondary N) is 1. The molecular formula is C13H22N2O. The smallest absolute Gasteiger partial charge is 0.243 e. The van der Waals surface area contributed by atoms with Crippen molar-refractivity contribution in [1.29, 1.82) is 0 Å². The minimum Gasteiger partial charge on any atom is -0.337 e. The van der Waals surface area contributed by atoms with E-state index in [1.807, 2.05) is 4.90 Å². The van der Waals surface area contributed by atoms with Crippen LogP contribution in [0.3, 0.4) is 0 Å². The Morgan fingerprint density at radius 2 is 2.44 bits per heavy atom. The molecule has 16 heavy (non-hydrogen) atoms. The number of hydrogen-bond donors (Lipinski definition) is 1. The number of hydrogen-bond acceptors (Lipinski definition) is 2. The van der Waals surface area contributed by atoms with Gasteiger partial charge in [-0.3, -0.25) is 4.79 Å². The summed E-state index contributed by atoms with van der Waals surface area (Å²) in [4.78, 5) is 14.6.